The zero-order valence-electron chi connectivity index (χ0n) is 13.9. The second kappa shape index (κ2) is 6.09. The first-order chi connectivity index (χ1) is 8.61. The molecule has 0 atom stereocenters. The van der Waals surface area contributed by atoms with Gasteiger partial charge in [-0.3, -0.25) is 0 Å². The van der Waals surface area contributed by atoms with Crippen LogP contribution in [0.4, 0.5) is 0 Å². The van der Waals surface area contributed by atoms with Crippen LogP contribution in [0, 0.1) is 19.3 Å². The lowest BCUT2D eigenvalue weighted by atomic mass is 9.80. The van der Waals surface area contributed by atoms with E-state index in [0.29, 0.717) is 5.41 Å². The summed E-state index contributed by atoms with van der Waals surface area (Å²) in [4.78, 5) is 0. The highest BCUT2D eigenvalue weighted by molar-refractivity contribution is 5.34. The summed E-state index contributed by atoms with van der Waals surface area (Å²) >= 11 is 0. The van der Waals surface area contributed by atoms with E-state index in [0.717, 1.165) is 13.0 Å². The van der Waals surface area contributed by atoms with Gasteiger partial charge in [-0.25, -0.2) is 0 Å². The Bertz CT molecular complexity index is 390. The van der Waals surface area contributed by atoms with E-state index in [1.165, 1.54) is 23.1 Å². The molecule has 108 valence electrons. The summed E-state index contributed by atoms with van der Waals surface area (Å²) in [7, 11) is 0. The topological polar surface area (TPSA) is 12.0 Å². The predicted molar refractivity (Wildman–Crippen MR) is 85.8 cm³/mol. The van der Waals surface area contributed by atoms with E-state index < -0.39 is 0 Å². The monoisotopic (exact) mass is 261 g/mol. The van der Waals surface area contributed by atoms with Crippen LogP contribution in [0.3, 0.4) is 0 Å². The van der Waals surface area contributed by atoms with Gasteiger partial charge >= 0.3 is 0 Å². The molecule has 1 rings (SSSR count). The number of nitrogens with one attached hydrogen (secondary N) is 1. The first-order valence-electron chi connectivity index (χ1n) is 7.41. The van der Waals surface area contributed by atoms with E-state index in [-0.39, 0.29) is 5.54 Å². The molecule has 0 aromatic heterocycles. The van der Waals surface area contributed by atoms with Gasteiger partial charge in [-0.1, -0.05) is 32.0 Å². The first kappa shape index (κ1) is 16.2. The smallest absolute Gasteiger partial charge is 0.00965 e. The lowest BCUT2D eigenvalue weighted by molar-refractivity contribution is 0.301. The fraction of sp³-hybridized carbons (Fsp3) is 0.667. The van der Waals surface area contributed by atoms with E-state index in [2.05, 4.69) is 72.0 Å². The van der Waals surface area contributed by atoms with Crippen LogP contribution in [0.2, 0.25) is 0 Å². The molecule has 0 unspecified atom stereocenters. The van der Waals surface area contributed by atoms with Crippen molar-refractivity contribution in [2.75, 3.05) is 6.54 Å². The van der Waals surface area contributed by atoms with Crippen molar-refractivity contribution in [2.24, 2.45) is 5.41 Å². The predicted octanol–water partition coefficient (Wildman–Crippen LogP) is 4.65. The third-order valence-corrected chi connectivity index (χ3v) is 3.76. The Morgan fingerprint density at radius 3 is 1.95 bits per heavy atom. The van der Waals surface area contributed by atoms with Crippen molar-refractivity contribution in [1.82, 2.24) is 5.32 Å². The molecule has 0 fully saturated rings. The number of benzene rings is 1. The Labute approximate surface area is 119 Å². The van der Waals surface area contributed by atoms with Gasteiger partial charge in [-0.2, -0.15) is 0 Å². The van der Waals surface area contributed by atoms with Crippen molar-refractivity contribution in [3.63, 3.8) is 0 Å². The van der Waals surface area contributed by atoms with Crippen LogP contribution >= 0.6 is 0 Å². The lowest BCUT2D eigenvalue weighted by Gasteiger charge is -2.29. The van der Waals surface area contributed by atoms with Crippen LogP contribution in [-0.2, 0) is 6.42 Å². The van der Waals surface area contributed by atoms with Gasteiger partial charge in [-0.05, 0) is 76.1 Å². The highest BCUT2D eigenvalue weighted by Crippen LogP contribution is 2.28. The average molecular weight is 261 g/mol. The van der Waals surface area contributed by atoms with Gasteiger partial charge in [0.05, 0.1) is 0 Å². The van der Waals surface area contributed by atoms with Crippen LogP contribution < -0.4 is 5.32 Å². The summed E-state index contributed by atoms with van der Waals surface area (Å²) in [5.74, 6) is 0. The van der Waals surface area contributed by atoms with Gasteiger partial charge in [0.1, 0.15) is 0 Å². The molecule has 0 amide bonds. The average Bonchev–Trinajstić information content (AvgIpc) is 2.21. The van der Waals surface area contributed by atoms with Gasteiger partial charge in [0.2, 0.25) is 0 Å². The summed E-state index contributed by atoms with van der Waals surface area (Å²) < 4.78 is 0. The SMILES string of the molecule is Cc1cccc(C)c1CC(C)(C)CCNC(C)(C)C. The van der Waals surface area contributed by atoms with Gasteiger partial charge in [0.15, 0.2) is 0 Å². The molecule has 19 heavy (non-hydrogen) atoms. The van der Waals surface area contributed by atoms with Crippen LogP contribution in [0.25, 0.3) is 0 Å². The molecule has 0 bridgehead atoms. The van der Waals surface area contributed by atoms with E-state index in [1.54, 1.807) is 0 Å². The molecule has 0 aliphatic heterocycles. The van der Waals surface area contributed by atoms with Gasteiger partial charge < -0.3 is 5.32 Å². The molecule has 0 aliphatic rings. The molecular formula is C18H31N. The van der Waals surface area contributed by atoms with Crippen LogP contribution in [-0.4, -0.2) is 12.1 Å². The maximum atomic E-state index is 3.59. The minimum absolute atomic E-state index is 0.217. The molecule has 0 aliphatic carbocycles. The molecule has 0 heterocycles. The Morgan fingerprint density at radius 1 is 0.947 bits per heavy atom. The zero-order valence-corrected chi connectivity index (χ0v) is 13.9. The number of rotatable bonds is 5. The van der Waals surface area contributed by atoms with E-state index >= 15 is 0 Å². The summed E-state index contributed by atoms with van der Waals surface area (Å²) in [6.45, 7) is 17.0. The molecule has 1 N–H and O–H groups in total. The van der Waals surface area contributed by atoms with Crippen molar-refractivity contribution in [1.29, 1.82) is 0 Å². The van der Waals surface area contributed by atoms with Gasteiger partial charge in [-0.15, -0.1) is 0 Å². The molecule has 0 spiro atoms. The van der Waals surface area contributed by atoms with E-state index in [9.17, 15) is 0 Å². The Balaban J connectivity index is 2.64. The minimum Gasteiger partial charge on any atom is -0.312 e. The maximum absolute atomic E-state index is 3.59. The molecule has 1 aromatic rings. The summed E-state index contributed by atoms with van der Waals surface area (Å²) in [5, 5.41) is 3.59. The lowest BCUT2D eigenvalue weighted by Crippen LogP contribution is -2.38. The molecule has 1 nitrogen and oxygen atoms in total. The molecular weight excluding hydrogens is 230 g/mol. The van der Waals surface area contributed by atoms with Crippen molar-refractivity contribution in [3.05, 3.63) is 34.9 Å². The normalized spacial score (nSPS) is 12.8. The van der Waals surface area contributed by atoms with Crippen LogP contribution in [0.15, 0.2) is 18.2 Å². The van der Waals surface area contributed by atoms with Gasteiger partial charge in [0, 0.05) is 5.54 Å². The number of aryl methyl sites for hydroxylation is 2. The minimum atomic E-state index is 0.217. The highest BCUT2D eigenvalue weighted by Gasteiger charge is 2.21. The highest BCUT2D eigenvalue weighted by atomic mass is 14.9. The van der Waals surface area contributed by atoms with Crippen molar-refractivity contribution < 1.29 is 0 Å². The van der Waals surface area contributed by atoms with Crippen molar-refractivity contribution >= 4 is 0 Å². The van der Waals surface area contributed by atoms with Crippen molar-refractivity contribution in [2.45, 2.75) is 66.8 Å². The number of hydrogen-bond donors (Lipinski definition) is 1. The molecule has 0 radical (unpaired) electrons. The fourth-order valence-electron chi connectivity index (χ4n) is 2.47. The van der Waals surface area contributed by atoms with Crippen molar-refractivity contribution in [3.8, 4) is 0 Å². The molecule has 1 aromatic carbocycles. The fourth-order valence-corrected chi connectivity index (χ4v) is 2.47. The van der Waals surface area contributed by atoms with Crippen LogP contribution in [0.1, 0.15) is 57.7 Å². The first-order valence-corrected chi connectivity index (χ1v) is 7.41. The van der Waals surface area contributed by atoms with Crippen LogP contribution in [0.5, 0.6) is 0 Å². The number of hydrogen-bond acceptors (Lipinski definition) is 1. The standard InChI is InChI=1S/C18H31N/c1-14-9-8-10-15(2)16(14)13-18(6,7)11-12-19-17(3,4)5/h8-10,19H,11-13H2,1-7H3. The molecule has 0 saturated heterocycles. The summed E-state index contributed by atoms with van der Waals surface area (Å²) in [6, 6.07) is 6.61. The molecule has 1 heteroatoms. The second-order valence-electron chi connectivity index (χ2n) is 7.64. The zero-order chi connectivity index (χ0) is 14.7. The second-order valence-corrected chi connectivity index (χ2v) is 7.64. The third-order valence-electron chi connectivity index (χ3n) is 3.76. The van der Waals surface area contributed by atoms with Gasteiger partial charge in [0.25, 0.3) is 0 Å². The van der Waals surface area contributed by atoms with E-state index in [4.69, 9.17) is 0 Å². The summed E-state index contributed by atoms with van der Waals surface area (Å²) in [5.41, 5.74) is 4.95. The maximum Gasteiger partial charge on any atom is 0.00965 e. The molecule has 0 saturated carbocycles. The Morgan fingerprint density at radius 2 is 1.47 bits per heavy atom. The largest absolute Gasteiger partial charge is 0.312 e. The Hall–Kier alpha value is -0.820. The Kier molecular flexibility index (Phi) is 5.20. The third kappa shape index (κ3) is 5.78. The van der Waals surface area contributed by atoms with E-state index in [1.807, 2.05) is 0 Å². The quantitative estimate of drug-likeness (QED) is 0.813. The summed E-state index contributed by atoms with van der Waals surface area (Å²) in [6.07, 6.45) is 2.37.